The molecule has 3 aromatic carbocycles. The van der Waals surface area contributed by atoms with Crippen molar-refractivity contribution in [1.82, 2.24) is 20.4 Å². The van der Waals surface area contributed by atoms with E-state index in [1.54, 1.807) is 36.4 Å². The Hall–Kier alpha value is -5.45. The van der Waals surface area contributed by atoms with E-state index < -0.39 is 29.7 Å². The highest BCUT2D eigenvalue weighted by molar-refractivity contribution is 6.31. The van der Waals surface area contributed by atoms with Crippen LogP contribution in [0.1, 0.15) is 77.2 Å². The molecular weight excluding hydrogens is 724 g/mol. The fourth-order valence-electron chi connectivity index (χ4n) is 8.70. The molecular formula is C41H43ClN6O7. The molecule has 0 radical (unpaired) electrons. The third kappa shape index (κ3) is 7.12. The first kappa shape index (κ1) is 37.8. The fourth-order valence-corrected chi connectivity index (χ4v) is 8.91. The van der Waals surface area contributed by atoms with Crippen molar-refractivity contribution < 1.29 is 33.4 Å². The van der Waals surface area contributed by atoms with Crippen molar-refractivity contribution in [3.63, 3.8) is 0 Å². The second kappa shape index (κ2) is 14.7. The van der Waals surface area contributed by atoms with Crippen molar-refractivity contribution in [1.29, 1.82) is 5.26 Å². The van der Waals surface area contributed by atoms with Gasteiger partial charge < -0.3 is 19.7 Å². The van der Waals surface area contributed by atoms with Crippen LogP contribution in [0.15, 0.2) is 60.7 Å². The number of piperidine rings is 1. The number of carbonyl (C=O) groups excluding carboxylic acids is 5. The van der Waals surface area contributed by atoms with Crippen molar-refractivity contribution in [2.75, 3.05) is 44.2 Å². The summed E-state index contributed by atoms with van der Waals surface area (Å²) in [7, 11) is 0. The molecule has 1 atom stereocenters. The quantitative estimate of drug-likeness (QED) is 0.283. The van der Waals surface area contributed by atoms with Crippen LogP contribution in [0, 0.1) is 22.2 Å². The molecule has 0 spiro atoms. The number of nitrogens with one attached hydrogen (secondary N) is 2. The molecule has 1 aliphatic carbocycles. The van der Waals surface area contributed by atoms with Crippen molar-refractivity contribution in [2.45, 2.75) is 58.7 Å². The number of carbonyl (C=O) groups is 5. The Morgan fingerprint density at radius 2 is 1.58 bits per heavy atom. The van der Waals surface area contributed by atoms with Gasteiger partial charge in [0.1, 0.15) is 36.3 Å². The van der Waals surface area contributed by atoms with Crippen LogP contribution in [0.5, 0.6) is 11.5 Å². The highest BCUT2D eigenvalue weighted by Crippen LogP contribution is 2.55. The van der Waals surface area contributed by atoms with Gasteiger partial charge in [0.15, 0.2) is 0 Å². The molecule has 3 fully saturated rings. The van der Waals surface area contributed by atoms with Crippen LogP contribution in [0.25, 0.3) is 0 Å². The number of amides is 5. The van der Waals surface area contributed by atoms with Gasteiger partial charge >= 0.3 is 0 Å². The molecule has 55 heavy (non-hydrogen) atoms. The Balaban J connectivity index is 0.869. The number of benzene rings is 3. The third-order valence-corrected chi connectivity index (χ3v) is 11.7. The van der Waals surface area contributed by atoms with E-state index in [0.717, 1.165) is 36.8 Å². The number of anilines is 1. The normalized spacial score (nSPS) is 23.0. The zero-order valence-corrected chi connectivity index (χ0v) is 31.9. The second-order valence-corrected chi connectivity index (χ2v) is 16.1. The molecule has 286 valence electrons. The molecule has 5 amide bonds. The number of halogens is 1. The first-order valence-corrected chi connectivity index (χ1v) is 18.8. The van der Waals surface area contributed by atoms with Crippen LogP contribution in [0.4, 0.5) is 5.69 Å². The molecule has 7 rings (SSSR count). The number of rotatable bonds is 10. The number of nitrogens with zero attached hydrogens (tertiary/aromatic N) is 4. The summed E-state index contributed by atoms with van der Waals surface area (Å²) in [5.41, 5.74) is 1.67. The van der Waals surface area contributed by atoms with Gasteiger partial charge in [0.25, 0.3) is 17.7 Å². The summed E-state index contributed by atoms with van der Waals surface area (Å²) in [6.07, 6.45) is -0.0294. The lowest BCUT2D eigenvalue weighted by Gasteiger charge is -2.63. The van der Waals surface area contributed by atoms with Gasteiger partial charge in [0.2, 0.25) is 11.8 Å². The minimum Gasteiger partial charge on any atom is -0.492 e. The van der Waals surface area contributed by atoms with Crippen LogP contribution in [0.2, 0.25) is 5.02 Å². The molecule has 3 aliphatic heterocycles. The van der Waals surface area contributed by atoms with Crippen LogP contribution in [0.3, 0.4) is 0 Å². The van der Waals surface area contributed by atoms with E-state index in [1.807, 2.05) is 24.3 Å². The number of ether oxygens (including phenoxy) is 2. The lowest BCUT2D eigenvalue weighted by molar-refractivity contribution is -0.164. The van der Waals surface area contributed by atoms with Gasteiger partial charge in [-0.2, -0.15) is 5.26 Å². The standard InChI is InChI=1S/C41H43ClN6O7/c1-40(2)38(41(3,4)39(40)55-28-10-7-25(23-43)31(42)22-28)45-34(50)24-5-8-26(9-6-24)47-17-15-46(16-18-47)19-20-54-27-11-12-29-30(21-27)37(53)48(36(29)52)32-13-14-33(49)44-35(32)51/h5-12,21-22,32,38-39H,13-20H2,1-4H3,(H,45,50)(H,44,49,51)/t32?,38-,39-. The van der Waals surface area contributed by atoms with E-state index in [2.05, 4.69) is 54.2 Å². The smallest absolute Gasteiger partial charge is 0.262 e. The summed E-state index contributed by atoms with van der Waals surface area (Å²) in [5.74, 6) is -1.28. The molecule has 2 N–H and O–H groups in total. The number of nitriles is 1. The van der Waals surface area contributed by atoms with Crippen LogP contribution < -0.4 is 25.0 Å². The van der Waals surface area contributed by atoms with Gasteiger partial charge in [0.05, 0.1) is 21.7 Å². The van der Waals surface area contributed by atoms with Gasteiger partial charge in [-0.05, 0) is 61.0 Å². The molecule has 1 unspecified atom stereocenters. The Bertz CT molecular complexity index is 2090. The number of hydrogen-bond donors (Lipinski definition) is 2. The summed E-state index contributed by atoms with van der Waals surface area (Å²) in [5, 5.41) is 15.0. The molecule has 4 aliphatic rings. The zero-order valence-electron chi connectivity index (χ0n) is 31.2. The first-order valence-electron chi connectivity index (χ1n) is 18.4. The maximum atomic E-state index is 13.4. The van der Waals surface area contributed by atoms with Gasteiger partial charge in [-0.15, -0.1) is 0 Å². The SMILES string of the molecule is CC1(C)[C@H](NC(=O)c2ccc(N3CCN(CCOc4ccc5c(c4)C(=O)N(C4CCC(=O)NC4=O)C5=O)CC3)cc2)C(C)(C)[C@H]1Oc1ccc(C#N)c(Cl)c1. The van der Waals surface area contributed by atoms with Crippen LogP contribution >= 0.6 is 11.6 Å². The monoisotopic (exact) mass is 766 g/mol. The van der Waals surface area contributed by atoms with E-state index in [-0.39, 0.29) is 52.9 Å². The van der Waals surface area contributed by atoms with E-state index in [9.17, 15) is 29.2 Å². The second-order valence-electron chi connectivity index (χ2n) is 15.7. The molecule has 14 heteroatoms. The van der Waals surface area contributed by atoms with Gasteiger partial charge in [0, 0.05) is 73.3 Å². The lowest BCUT2D eigenvalue weighted by Crippen LogP contribution is -2.74. The zero-order chi connectivity index (χ0) is 39.2. The van der Waals surface area contributed by atoms with Crippen molar-refractivity contribution >= 4 is 46.8 Å². The predicted octanol–water partition coefficient (Wildman–Crippen LogP) is 4.43. The number of imide groups is 2. The van der Waals surface area contributed by atoms with Gasteiger partial charge in [-0.1, -0.05) is 39.3 Å². The summed E-state index contributed by atoms with van der Waals surface area (Å²) in [6, 6.07) is 18.3. The fraction of sp³-hybridized carbons (Fsp3) is 0.415. The predicted molar refractivity (Wildman–Crippen MR) is 203 cm³/mol. The average molecular weight is 767 g/mol. The maximum absolute atomic E-state index is 13.4. The first-order chi connectivity index (χ1) is 26.2. The summed E-state index contributed by atoms with van der Waals surface area (Å²) in [4.78, 5) is 68.9. The largest absolute Gasteiger partial charge is 0.492 e. The summed E-state index contributed by atoms with van der Waals surface area (Å²) < 4.78 is 12.3. The summed E-state index contributed by atoms with van der Waals surface area (Å²) >= 11 is 6.23. The Morgan fingerprint density at radius 3 is 2.24 bits per heavy atom. The molecule has 3 heterocycles. The topological polar surface area (TPSA) is 161 Å². The van der Waals surface area contributed by atoms with E-state index in [1.165, 1.54) is 0 Å². The Morgan fingerprint density at radius 1 is 0.909 bits per heavy atom. The average Bonchev–Trinajstić information content (AvgIpc) is 3.41. The lowest BCUT2D eigenvalue weighted by atomic mass is 9.49. The molecule has 2 saturated heterocycles. The molecule has 0 bridgehead atoms. The third-order valence-electron chi connectivity index (χ3n) is 11.4. The Labute approximate surface area is 324 Å². The molecule has 0 aromatic heterocycles. The number of fused-ring (bicyclic) bond motifs is 1. The van der Waals surface area contributed by atoms with E-state index in [0.29, 0.717) is 40.8 Å². The van der Waals surface area contributed by atoms with E-state index >= 15 is 0 Å². The summed E-state index contributed by atoms with van der Waals surface area (Å²) in [6.45, 7) is 12.6. The molecule has 1 saturated carbocycles. The van der Waals surface area contributed by atoms with Crippen molar-refractivity contribution in [2.24, 2.45) is 10.8 Å². The van der Waals surface area contributed by atoms with Crippen LogP contribution in [-0.4, -0.2) is 96.9 Å². The maximum Gasteiger partial charge on any atom is 0.262 e. The highest BCUT2D eigenvalue weighted by atomic mass is 35.5. The van der Waals surface area contributed by atoms with E-state index in [4.69, 9.17) is 21.1 Å². The van der Waals surface area contributed by atoms with Gasteiger partial charge in [-0.3, -0.25) is 39.1 Å². The number of piperazine rings is 1. The Kier molecular flexibility index (Phi) is 10.1. The number of hydrogen-bond acceptors (Lipinski definition) is 10. The molecule has 3 aromatic rings. The van der Waals surface area contributed by atoms with Crippen molar-refractivity contribution in [3.05, 3.63) is 87.9 Å². The minimum absolute atomic E-state index is 0.0641. The van der Waals surface area contributed by atoms with Crippen molar-refractivity contribution in [3.8, 4) is 17.6 Å². The highest BCUT2D eigenvalue weighted by Gasteiger charge is 2.64. The van der Waals surface area contributed by atoms with Crippen LogP contribution in [-0.2, 0) is 9.59 Å². The molecule has 13 nitrogen and oxygen atoms in total. The van der Waals surface area contributed by atoms with Gasteiger partial charge in [-0.25, -0.2) is 0 Å². The minimum atomic E-state index is -1.01.